The Bertz CT molecular complexity index is 583. The molecule has 3 rings (SSSR count). The van der Waals surface area contributed by atoms with Crippen molar-refractivity contribution in [2.75, 3.05) is 7.11 Å². The fraction of sp³-hybridized carbons (Fsp3) is 0.421. The summed E-state index contributed by atoms with van der Waals surface area (Å²) < 4.78 is 4.95. The van der Waals surface area contributed by atoms with Crippen molar-refractivity contribution in [2.24, 2.45) is 17.8 Å². The second-order valence-electron chi connectivity index (χ2n) is 6.29. The van der Waals surface area contributed by atoms with Gasteiger partial charge in [0.15, 0.2) is 0 Å². The Balaban J connectivity index is 1.80. The van der Waals surface area contributed by atoms with Gasteiger partial charge in [0, 0.05) is 0 Å². The smallest absolute Gasteiger partial charge is 0.337 e. The van der Waals surface area contributed by atoms with Gasteiger partial charge in [0.2, 0.25) is 0 Å². The van der Waals surface area contributed by atoms with Crippen molar-refractivity contribution >= 4 is 5.97 Å². The number of hydrogen-bond acceptors (Lipinski definition) is 2. The average molecular weight is 282 g/mol. The largest absolute Gasteiger partial charge is 0.465 e. The van der Waals surface area contributed by atoms with Crippen LogP contribution in [0.1, 0.15) is 25.3 Å². The standard InChI is InChI=1S/C19H22O2/c1-13-8-16-11-15(10-14-6-4-3-5-7-14)12-17(16)18(9-13)19(20)21-2/h3-7,9,12-13,15-16H,8,10-11H2,1-2H3/t13-,15-,16+/m1/s1. The number of hydrogen-bond donors (Lipinski definition) is 0. The third-order valence-electron chi connectivity index (χ3n) is 4.61. The van der Waals surface area contributed by atoms with Gasteiger partial charge in [-0.25, -0.2) is 4.79 Å². The van der Waals surface area contributed by atoms with Crippen molar-refractivity contribution in [1.29, 1.82) is 0 Å². The number of methoxy groups -OCH3 is 1. The van der Waals surface area contributed by atoms with Crippen LogP contribution in [-0.4, -0.2) is 13.1 Å². The van der Waals surface area contributed by atoms with Crippen LogP contribution in [-0.2, 0) is 16.0 Å². The lowest BCUT2D eigenvalue weighted by Crippen LogP contribution is -2.19. The van der Waals surface area contributed by atoms with E-state index in [0.717, 1.165) is 24.8 Å². The molecule has 2 aliphatic carbocycles. The summed E-state index contributed by atoms with van der Waals surface area (Å²) in [5.74, 6) is 1.33. The molecule has 0 aromatic heterocycles. The van der Waals surface area contributed by atoms with E-state index in [9.17, 15) is 4.79 Å². The van der Waals surface area contributed by atoms with Gasteiger partial charge in [0.25, 0.3) is 0 Å². The van der Waals surface area contributed by atoms with Gasteiger partial charge in [-0.15, -0.1) is 0 Å². The number of esters is 1. The lowest BCUT2D eigenvalue weighted by Gasteiger charge is -2.25. The highest BCUT2D eigenvalue weighted by atomic mass is 16.5. The molecule has 0 unspecified atom stereocenters. The van der Waals surface area contributed by atoms with E-state index >= 15 is 0 Å². The predicted octanol–water partition coefficient (Wildman–Crippen LogP) is 3.93. The second-order valence-corrected chi connectivity index (χ2v) is 6.29. The molecule has 0 amide bonds. The molecule has 2 aliphatic rings. The molecule has 110 valence electrons. The molecule has 2 nitrogen and oxygen atoms in total. The van der Waals surface area contributed by atoms with Crippen LogP contribution in [0.15, 0.2) is 53.6 Å². The van der Waals surface area contributed by atoms with Crippen LogP contribution in [0.5, 0.6) is 0 Å². The molecule has 0 saturated heterocycles. The maximum Gasteiger partial charge on any atom is 0.337 e. The molecule has 1 aromatic carbocycles. The fourth-order valence-corrected chi connectivity index (χ4v) is 3.74. The summed E-state index contributed by atoms with van der Waals surface area (Å²) in [6.45, 7) is 2.18. The summed E-state index contributed by atoms with van der Waals surface area (Å²) >= 11 is 0. The van der Waals surface area contributed by atoms with Gasteiger partial charge >= 0.3 is 5.97 Å². The van der Waals surface area contributed by atoms with Crippen molar-refractivity contribution in [3.63, 3.8) is 0 Å². The Labute approximate surface area is 126 Å². The first kappa shape index (κ1) is 14.1. The lowest BCUT2D eigenvalue weighted by atomic mass is 9.80. The first-order valence-corrected chi connectivity index (χ1v) is 7.73. The highest BCUT2D eigenvalue weighted by Crippen LogP contribution is 2.43. The SMILES string of the molecule is COC(=O)C1=C[C@H](C)C[C@H]2C[C@@H](Cc3ccccc3)C=C12. The third-order valence-corrected chi connectivity index (χ3v) is 4.61. The predicted molar refractivity (Wildman–Crippen MR) is 83.7 cm³/mol. The van der Waals surface area contributed by atoms with Crippen LogP contribution >= 0.6 is 0 Å². The van der Waals surface area contributed by atoms with Gasteiger partial charge in [0.05, 0.1) is 12.7 Å². The summed E-state index contributed by atoms with van der Waals surface area (Å²) in [6, 6.07) is 10.6. The average Bonchev–Trinajstić information content (AvgIpc) is 2.88. The molecule has 0 aliphatic heterocycles. The summed E-state index contributed by atoms with van der Waals surface area (Å²) in [6.07, 6.45) is 7.76. The molecule has 0 radical (unpaired) electrons. The number of benzene rings is 1. The lowest BCUT2D eigenvalue weighted by molar-refractivity contribution is -0.136. The van der Waals surface area contributed by atoms with Gasteiger partial charge in [-0.1, -0.05) is 49.4 Å². The number of allylic oxidation sites excluding steroid dienone is 2. The van der Waals surface area contributed by atoms with Crippen molar-refractivity contribution in [3.8, 4) is 0 Å². The van der Waals surface area contributed by atoms with E-state index in [2.05, 4.69) is 49.4 Å². The summed E-state index contributed by atoms with van der Waals surface area (Å²) in [4.78, 5) is 12.0. The normalized spacial score (nSPS) is 27.6. The van der Waals surface area contributed by atoms with Crippen LogP contribution < -0.4 is 0 Å². The molecular weight excluding hydrogens is 260 g/mol. The molecule has 0 bridgehead atoms. The Hall–Kier alpha value is -1.83. The monoisotopic (exact) mass is 282 g/mol. The van der Waals surface area contributed by atoms with Crippen molar-refractivity contribution in [2.45, 2.75) is 26.2 Å². The number of fused-ring (bicyclic) bond motifs is 1. The second kappa shape index (κ2) is 5.88. The Morgan fingerprint density at radius 1 is 1.19 bits per heavy atom. The first-order valence-electron chi connectivity index (χ1n) is 7.73. The zero-order valence-corrected chi connectivity index (χ0v) is 12.7. The quantitative estimate of drug-likeness (QED) is 0.785. The highest BCUT2D eigenvalue weighted by Gasteiger charge is 2.35. The number of ether oxygens (including phenoxy) is 1. The molecule has 1 aromatic rings. The fourth-order valence-electron chi connectivity index (χ4n) is 3.74. The number of carbonyl (C=O) groups excluding carboxylic acids is 1. The van der Waals surface area contributed by atoms with E-state index in [1.165, 1.54) is 18.2 Å². The molecule has 0 heterocycles. The zero-order valence-electron chi connectivity index (χ0n) is 12.7. The molecule has 0 spiro atoms. The Kier molecular flexibility index (Phi) is 3.96. The zero-order chi connectivity index (χ0) is 14.8. The minimum atomic E-state index is -0.182. The van der Waals surface area contributed by atoms with Crippen LogP contribution in [0.25, 0.3) is 0 Å². The molecule has 0 saturated carbocycles. The van der Waals surface area contributed by atoms with E-state index in [-0.39, 0.29) is 5.97 Å². The van der Waals surface area contributed by atoms with E-state index < -0.39 is 0 Å². The van der Waals surface area contributed by atoms with Gasteiger partial charge in [-0.2, -0.15) is 0 Å². The van der Waals surface area contributed by atoms with Crippen molar-refractivity contribution in [3.05, 3.63) is 59.2 Å². The van der Waals surface area contributed by atoms with E-state index in [1.54, 1.807) is 0 Å². The van der Waals surface area contributed by atoms with Crippen LogP contribution in [0.2, 0.25) is 0 Å². The van der Waals surface area contributed by atoms with Gasteiger partial charge in [0.1, 0.15) is 0 Å². The minimum absolute atomic E-state index is 0.182. The van der Waals surface area contributed by atoms with Gasteiger partial charge < -0.3 is 4.74 Å². The summed E-state index contributed by atoms with van der Waals surface area (Å²) in [7, 11) is 1.47. The molecule has 21 heavy (non-hydrogen) atoms. The van der Waals surface area contributed by atoms with E-state index in [1.807, 2.05) is 0 Å². The van der Waals surface area contributed by atoms with Gasteiger partial charge in [-0.05, 0) is 48.2 Å². The molecule has 0 N–H and O–H groups in total. The van der Waals surface area contributed by atoms with Crippen molar-refractivity contribution < 1.29 is 9.53 Å². The van der Waals surface area contributed by atoms with Crippen LogP contribution in [0, 0.1) is 17.8 Å². The summed E-state index contributed by atoms with van der Waals surface area (Å²) in [5, 5.41) is 0. The van der Waals surface area contributed by atoms with Gasteiger partial charge in [-0.3, -0.25) is 0 Å². The topological polar surface area (TPSA) is 26.3 Å². The Morgan fingerprint density at radius 2 is 1.95 bits per heavy atom. The first-order chi connectivity index (χ1) is 10.2. The minimum Gasteiger partial charge on any atom is -0.465 e. The molecule has 2 heteroatoms. The maximum absolute atomic E-state index is 12.0. The van der Waals surface area contributed by atoms with E-state index in [4.69, 9.17) is 4.74 Å². The van der Waals surface area contributed by atoms with E-state index in [0.29, 0.717) is 17.8 Å². The van der Waals surface area contributed by atoms with Crippen molar-refractivity contribution in [1.82, 2.24) is 0 Å². The maximum atomic E-state index is 12.0. The number of rotatable bonds is 3. The van der Waals surface area contributed by atoms with Crippen LogP contribution in [0.3, 0.4) is 0 Å². The molecule has 3 atom stereocenters. The highest BCUT2D eigenvalue weighted by molar-refractivity contribution is 5.94. The van der Waals surface area contributed by atoms with Crippen LogP contribution in [0.4, 0.5) is 0 Å². The molecular formula is C19H22O2. The molecule has 0 fully saturated rings. The third kappa shape index (κ3) is 2.94. The number of carbonyl (C=O) groups is 1. The Morgan fingerprint density at radius 3 is 2.67 bits per heavy atom. The summed E-state index contributed by atoms with van der Waals surface area (Å²) in [5.41, 5.74) is 3.40.